The fraction of sp³-hybridized carbons (Fsp3) is 0.364. The van der Waals surface area contributed by atoms with E-state index in [4.69, 9.17) is 18.9 Å². The predicted molar refractivity (Wildman–Crippen MR) is 108 cm³/mol. The first-order valence-corrected chi connectivity index (χ1v) is 9.28. The molecule has 0 aliphatic heterocycles. The van der Waals surface area contributed by atoms with Gasteiger partial charge >= 0.3 is 5.97 Å². The van der Waals surface area contributed by atoms with Crippen LogP contribution >= 0.6 is 0 Å². The van der Waals surface area contributed by atoms with Crippen LogP contribution < -0.4 is 19.5 Å². The molecule has 0 heterocycles. The first-order chi connectivity index (χ1) is 14.0. The summed E-state index contributed by atoms with van der Waals surface area (Å²) >= 11 is 0. The first-order valence-electron chi connectivity index (χ1n) is 9.28. The van der Waals surface area contributed by atoms with Crippen LogP contribution in [0.2, 0.25) is 0 Å². The van der Waals surface area contributed by atoms with Crippen molar-refractivity contribution in [3.8, 4) is 17.2 Å². The zero-order valence-corrected chi connectivity index (χ0v) is 17.2. The number of carbonyl (C=O) groups excluding carboxylic acids is 2. The van der Waals surface area contributed by atoms with E-state index in [1.165, 1.54) is 0 Å². The second-order valence-corrected chi connectivity index (χ2v) is 6.35. The number of amides is 1. The number of benzene rings is 2. The van der Waals surface area contributed by atoms with E-state index in [2.05, 4.69) is 5.32 Å². The molecule has 2 rings (SSSR count). The molecule has 0 aliphatic carbocycles. The van der Waals surface area contributed by atoms with E-state index in [1.807, 2.05) is 30.3 Å². The zero-order chi connectivity index (χ0) is 21.2. The summed E-state index contributed by atoms with van der Waals surface area (Å²) in [4.78, 5) is 24.3. The molecule has 0 radical (unpaired) electrons. The molecule has 0 unspecified atom stereocenters. The van der Waals surface area contributed by atoms with Crippen molar-refractivity contribution in [2.24, 2.45) is 0 Å². The highest BCUT2D eigenvalue weighted by Crippen LogP contribution is 2.27. The monoisotopic (exact) mass is 401 g/mol. The van der Waals surface area contributed by atoms with Gasteiger partial charge in [0, 0.05) is 13.0 Å². The summed E-state index contributed by atoms with van der Waals surface area (Å²) in [7, 11) is 4.69. The number of carbonyl (C=O) groups is 2. The van der Waals surface area contributed by atoms with Crippen LogP contribution in [0.3, 0.4) is 0 Å². The fourth-order valence-electron chi connectivity index (χ4n) is 2.78. The number of nitrogens with one attached hydrogen (secondary N) is 1. The van der Waals surface area contributed by atoms with Crippen LogP contribution in [0.25, 0.3) is 0 Å². The molecule has 0 fully saturated rings. The van der Waals surface area contributed by atoms with Gasteiger partial charge in [-0.05, 0) is 42.7 Å². The fourth-order valence-corrected chi connectivity index (χ4v) is 2.78. The van der Waals surface area contributed by atoms with Gasteiger partial charge in [-0.3, -0.25) is 9.59 Å². The topological polar surface area (TPSA) is 83.1 Å². The van der Waals surface area contributed by atoms with Crippen molar-refractivity contribution < 1.29 is 28.5 Å². The maximum atomic E-state index is 12.2. The van der Waals surface area contributed by atoms with Crippen LogP contribution in [0, 0.1) is 0 Å². The van der Waals surface area contributed by atoms with Crippen molar-refractivity contribution in [1.82, 2.24) is 5.32 Å². The molecule has 0 saturated heterocycles. The van der Waals surface area contributed by atoms with E-state index in [-0.39, 0.29) is 18.9 Å². The zero-order valence-electron chi connectivity index (χ0n) is 17.2. The quantitative estimate of drug-likeness (QED) is 0.617. The Kier molecular flexibility index (Phi) is 8.33. The molecular formula is C22H27NO6. The second-order valence-electron chi connectivity index (χ2n) is 6.35. The Morgan fingerprint density at radius 3 is 2.31 bits per heavy atom. The summed E-state index contributed by atoms with van der Waals surface area (Å²) in [5.41, 5.74) is 1.75. The Labute approximate surface area is 170 Å². The lowest BCUT2D eigenvalue weighted by molar-refractivity contribution is -0.154. The predicted octanol–water partition coefficient (Wildman–Crippen LogP) is 2.89. The number of hydrogen-bond acceptors (Lipinski definition) is 6. The summed E-state index contributed by atoms with van der Waals surface area (Å²) in [6.07, 6.45) is -0.253. The van der Waals surface area contributed by atoms with Gasteiger partial charge in [-0.1, -0.05) is 24.3 Å². The van der Waals surface area contributed by atoms with E-state index < -0.39 is 12.1 Å². The maximum Gasteiger partial charge on any atom is 0.306 e. The van der Waals surface area contributed by atoms with Crippen LogP contribution in [-0.4, -0.2) is 39.3 Å². The molecule has 156 valence electrons. The average Bonchev–Trinajstić information content (AvgIpc) is 2.75. The van der Waals surface area contributed by atoms with Crippen molar-refractivity contribution >= 4 is 11.9 Å². The van der Waals surface area contributed by atoms with Crippen molar-refractivity contribution in [2.75, 3.05) is 21.3 Å². The lowest BCUT2D eigenvalue weighted by atomic mass is 10.1. The molecule has 0 bridgehead atoms. The van der Waals surface area contributed by atoms with Crippen molar-refractivity contribution in [3.63, 3.8) is 0 Å². The second kappa shape index (κ2) is 10.9. The van der Waals surface area contributed by atoms with Gasteiger partial charge in [-0.15, -0.1) is 0 Å². The van der Waals surface area contributed by atoms with E-state index in [9.17, 15) is 9.59 Å². The number of aryl methyl sites for hydroxylation is 1. The molecule has 1 amide bonds. The summed E-state index contributed by atoms with van der Waals surface area (Å²) in [6.45, 7) is 1.83. The van der Waals surface area contributed by atoms with Gasteiger partial charge in [-0.2, -0.15) is 0 Å². The number of rotatable bonds is 10. The van der Waals surface area contributed by atoms with E-state index in [0.29, 0.717) is 17.9 Å². The molecule has 1 atom stereocenters. The number of esters is 1. The number of hydrogen-bond donors (Lipinski definition) is 1. The Balaban J connectivity index is 1.81. The van der Waals surface area contributed by atoms with Gasteiger partial charge in [0.25, 0.3) is 5.91 Å². The molecule has 7 nitrogen and oxygen atoms in total. The van der Waals surface area contributed by atoms with E-state index >= 15 is 0 Å². The van der Waals surface area contributed by atoms with Crippen molar-refractivity contribution in [1.29, 1.82) is 0 Å². The van der Waals surface area contributed by atoms with Crippen LogP contribution in [0.15, 0.2) is 42.5 Å². The van der Waals surface area contributed by atoms with Crippen molar-refractivity contribution in [3.05, 3.63) is 53.6 Å². The van der Waals surface area contributed by atoms with Crippen molar-refractivity contribution in [2.45, 2.75) is 32.4 Å². The normalized spacial score (nSPS) is 11.3. The number of ether oxygens (including phenoxy) is 4. The van der Waals surface area contributed by atoms with Gasteiger partial charge in [-0.25, -0.2) is 0 Å². The number of para-hydroxylation sites is 1. The first kappa shape index (κ1) is 22.1. The largest absolute Gasteiger partial charge is 0.496 e. The highest BCUT2D eigenvalue weighted by Gasteiger charge is 2.18. The SMILES string of the molecule is COc1ccccc1CCC(=O)O[C@@H](C)C(=O)NCc1ccc(OC)c(OC)c1. The lowest BCUT2D eigenvalue weighted by Crippen LogP contribution is -2.35. The molecule has 0 saturated carbocycles. The lowest BCUT2D eigenvalue weighted by Gasteiger charge is -2.15. The Morgan fingerprint density at radius 1 is 0.931 bits per heavy atom. The molecule has 7 heteroatoms. The van der Waals surface area contributed by atoms with Gasteiger partial charge in [0.05, 0.1) is 21.3 Å². The van der Waals surface area contributed by atoms with E-state index in [0.717, 1.165) is 16.9 Å². The smallest absolute Gasteiger partial charge is 0.306 e. The summed E-state index contributed by atoms with van der Waals surface area (Å²) < 4.78 is 20.9. The average molecular weight is 401 g/mol. The molecule has 0 aromatic heterocycles. The van der Waals surface area contributed by atoms with E-state index in [1.54, 1.807) is 40.4 Å². The molecule has 29 heavy (non-hydrogen) atoms. The third-order valence-corrected chi connectivity index (χ3v) is 4.38. The summed E-state index contributed by atoms with van der Waals surface area (Å²) in [6, 6.07) is 12.9. The highest BCUT2D eigenvalue weighted by molar-refractivity contribution is 5.83. The molecule has 0 aliphatic rings. The molecule has 2 aromatic rings. The van der Waals surface area contributed by atoms with Gasteiger partial charge in [0.2, 0.25) is 0 Å². The minimum atomic E-state index is -0.889. The molecule has 0 spiro atoms. The number of methoxy groups -OCH3 is 3. The van der Waals surface area contributed by atoms with Gasteiger partial charge in [0.1, 0.15) is 5.75 Å². The Bertz CT molecular complexity index is 836. The van der Waals surface area contributed by atoms with Crippen LogP contribution in [0.4, 0.5) is 0 Å². The summed E-state index contributed by atoms with van der Waals surface area (Å²) in [5.74, 6) is 1.10. The van der Waals surface area contributed by atoms with Crippen LogP contribution in [-0.2, 0) is 27.3 Å². The van der Waals surface area contributed by atoms with Gasteiger partial charge < -0.3 is 24.3 Å². The maximum absolute atomic E-state index is 12.2. The summed E-state index contributed by atoms with van der Waals surface area (Å²) in [5, 5.41) is 2.75. The Morgan fingerprint density at radius 2 is 1.62 bits per heavy atom. The molecule has 2 aromatic carbocycles. The Hall–Kier alpha value is -3.22. The minimum Gasteiger partial charge on any atom is -0.496 e. The third kappa shape index (κ3) is 6.41. The molecular weight excluding hydrogens is 374 g/mol. The van der Waals surface area contributed by atoms with Crippen LogP contribution in [0.1, 0.15) is 24.5 Å². The standard InChI is InChI=1S/C22H27NO6/c1-15(29-21(24)12-10-17-7-5-6-8-18(17)26-2)22(25)23-14-16-9-11-19(27-3)20(13-16)28-4/h5-9,11,13,15H,10,12,14H2,1-4H3,(H,23,25)/t15-/m0/s1. The third-order valence-electron chi connectivity index (χ3n) is 4.38. The highest BCUT2D eigenvalue weighted by atomic mass is 16.5. The van der Waals surface area contributed by atoms with Crippen LogP contribution in [0.5, 0.6) is 17.2 Å². The minimum absolute atomic E-state index is 0.160. The van der Waals surface area contributed by atoms with Gasteiger partial charge in [0.15, 0.2) is 17.6 Å². The molecule has 1 N–H and O–H groups in total.